The Balaban J connectivity index is 2.27. The highest BCUT2D eigenvalue weighted by atomic mass is 35.5. The fourth-order valence-electron chi connectivity index (χ4n) is 1.49. The summed E-state index contributed by atoms with van der Waals surface area (Å²) in [6.07, 6.45) is 0.610. The second-order valence-corrected chi connectivity index (χ2v) is 5.62. The number of hydrogen-bond donors (Lipinski definition) is 3. The molecule has 0 aliphatic heterocycles. The Hall–Kier alpha value is -1.73. The molecule has 1 unspecified atom stereocenters. The molecular weight excluding hydrogens is 316 g/mol. The zero-order valence-electron chi connectivity index (χ0n) is 11.0. The van der Waals surface area contributed by atoms with Gasteiger partial charge in [-0.05, 0) is 30.4 Å². The van der Waals surface area contributed by atoms with Crippen molar-refractivity contribution in [2.24, 2.45) is 0 Å². The summed E-state index contributed by atoms with van der Waals surface area (Å²) in [6.45, 7) is 0. The van der Waals surface area contributed by atoms with E-state index in [0.717, 1.165) is 0 Å². The highest BCUT2D eigenvalue weighted by Gasteiger charge is 2.15. The second kappa shape index (κ2) is 9.25. The molecule has 8 heteroatoms. The zero-order chi connectivity index (χ0) is 15.7. The Morgan fingerprint density at radius 3 is 2.81 bits per heavy atom. The van der Waals surface area contributed by atoms with Crippen LogP contribution in [-0.2, 0) is 14.4 Å². The molecule has 3 N–H and O–H groups in total. The predicted molar refractivity (Wildman–Crippen MR) is 82.6 cm³/mol. The van der Waals surface area contributed by atoms with E-state index in [9.17, 15) is 14.4 Å². The van der Waals surface area contributed by atoms with Crippen LogP contribution in [0.5, 0.6) is 0 Å². The first kappa shape index (κ1) is 17.3. The van der Waals surface area contributed by atoms with E-state index < -0.39 is 12.0 Å². The predicted octanol–water partition coefficient (Wildman–Crippen LogP) is 1.60. The summed E-state index contributed by atoms with van der Waals surface area (Å²) in [6, 6.07) is 5.87. The van der Waals surface area contributed by atoms with Gasteiger partial charge in [0.05, 0.1) is 5.75 Å². The molecule has 2 amide bonds. The van der Waals surface area contributed by atoms with Crippen LogP contribution >= 0.6 is 23.4 Å². The molecule has 0 fully saturated rings. The van der Waals surface area contributed by atoms with Crippen LogP contribution in [0, 0.1) is 0 Å². The fourth-order valence-corrected chi connectivity index (χ4v) is 2.48. The van der Waals surface area contributed by atoms with E-state index in [2.05, 4.69) is 10.6 Å². The van der Waals surface area contributed by atoms with Gasteiger partial charge >= 0.3 is 5.97 Å². The summed E-state index contributed by atoms with van der Waals surface area (Å²) in [5.41, 5.74) is 0.610. The van der Waals surface area contributed by atoms with Gasteiger partial charge in [-0.15, -0.1) is 0 Å². The van der Waals surface area contributed by atoms with Crippen LogP contribution in [0.2, 0.25) is 5.02 Å². The highest BCUT2D eigenvalue weighted by molar-refractivity contribution is 7.99. The fraction of sp³-hybridized carbons (Fsp3) is 0.308. The standard InChI is InChI=1S/C13H15ClN2O4S/c14-9-2-1-3-10(6-9)16-12(18)7-21-5-4-11(13(19)20)15-8-17/h1-3,6,8,11H,4-5,7H2,(H,15,17)(H,16,18)(H,19,20). The number of hydrogen-bond acceptors (Lipinski definition) is 4. The van der Waals surface area contributed by atoms with Gasteiger partial charge < -0.3 is 15.7 Å². The van der Waals surface area contributed by atoms with E-state index in [1.54, 1.807) is 24.3 Å². The Morgan fingerprint density at radius 1 is 1.43 bits per heavy atom. The first-order valence-electron chi connectivity index (χ1n) is 6.08. The molecule has 0 heterocycles. The third kappa shape index (κ3) is 7.01. The summed E-state index contributed by atoms with van der Waals surface area (Å²) in [7, 11) is 0. The Bertz CT molecular complexity index is 513. The monoisotopic (exact) mass is 330 g/mol. The normalized spacial score (nSPS) is 11.5. The largest absolute Gasteiger partial charge is 0.480 e. The minimum Gasteiger partial charge on any atom is -0.480 e. The molecule has 0 aliphatic carbocycles. The number of amides is 2. The molecule has 0 radical (unpaired) electrons. The number of benzene rings is 1. The third-order valence-corrected chi connectivity index (χ3v) is 3.69. The molecule has 21 heavy (non-hydrogen) atoms. The van der Waals surface area contributed by atoms with Crippen LogP contribution in [0.3, 0.4) is 0 Å². The van der Waals surface area contributed by atoms with E-state index >= 15 is 0 Å². The lowest BCUT2D eigenvalue weighted by Gasteiger charge is -2.10. The quantitative estimate of drug-likeness (QED) is 0.472. The number of carboxylic acids is 1. The van der Waals surface area contributed by atoms with Crippen LogP contribution in [0.25, 0.3) is 0 Å². The van der Waals surface area contributed by atoms with Crippen molar-refractivity contribution >= 4 is 47.3 Å². The van der Waals surface area contributed by atoms with Crippen LogP contribution in [0.1, 0.15) is 6.42 Å². The number of carbonyl (C=O) groups excluding carboxylic acids is 2. The summed E-state index contributed by atoms with van der Waals surface area (Å²) in [4.78, 5) is 32.7. The number of halogens is 1. The van der Waals surface area contributed by atoms with Crippen molar-refractivity contribution in [1.82, 2.24) is 5.32 Å². The lowest BCUT2D eigenvalue weighted by Crippen LogP contribution is -2.36. The maximum absolute atomic E-state index is 11.7. The molecule has 1 aromatic carbocycles. The van der Waals surface area contributed by atoms with Crippen molar-refractivity contribution in [3.63, 3.8) is 0 Å². The van der Waals surface area contributed by atoms with E-state index in [1.165, 1.54) is 11.8 Å². The second-order valence-electron chi connectivity index (χ2n) is 4.08. The maximum atomic E-state index is 11.7. The van der Waals surface area contributed by atoms with Gasteiger partial charge in [0.2, 0.25) is 12.3 Å². The maximum Gasteiger partial charge on any atom is 0.326 e. The first-order valence-corrected chi connectivity index (χ1v) is 7.62. The van der Waals surface area contributed by atoms with E-state index in [1.807, 2.05) is 0 Å². The first-order chi connectivity index (χ1) is 10.0. The topological polar surface area (TPSA) is 95.5 Å². The molecule has 1 atom stereocenters. The van der Waals surface area contributed by atoms with Gasteiger partial charge in [-0.25, -0.2) is 4.79 Å². The van der Waals surface area contributed by atoms with Crippen molar-refractivity contribution < 1.29 is 19.5 Å². The number of carboxylic acid groups (broad SMARTS) is 1. The SMILES string of the molecule is O=CNC(CCSCC(=O)Nc1cccc(Cl)c1)C(=O)O. The lowest BCUT2D eigenvalue weighted by molar-refractivity contribution is -0.140. The molecule has 0 saturated heterocycles. The summed E-state index contributed by atoms with van der Waals surface area (Å²) in [5.74, 6) is -0.649. The zero-order valence-corrected chi connectivity index (χ0v) is 12.6. The van der Waals surface area contributed by atoms with Crippen molar-refractivity contribution in [1.29, 1.82) is 0 Å². The molecule has 0 aromatic heterocycles. The van der Waals surface area contributed by atoms with Gasteiger partial charge in [-0.3, -0.25) is 9.59 Å². The molecule has 0 bridgehead atoms. The van der Waals surface area contributed by atoms with Gasteiger partial charge in [0, 0.05) is 10.7 Å². The van der Waals surface area contributed by atoms with Gasteiger partial charge in [0.1, 0.15) is 6.04 Å². The number of rotatable bonds is 9. The smallest absolute Gasteiger partial charge is 0.326 e. The minimum atomic E-state index is -1.09. The van der Waals surface area contributed by atoms with Crippen LogP contribution < -0.4 is 10.6 Å². The average Bonchev–Trinajstić information content (AvgIpc) is 2.42. The van der Waals surface area contributed by atoms with E-state index in [4.69, 9.17) is 16.7 Å². The number of thioether (sulfide) groups is 1. The highest BCUT2D eigenvalue weighted by Crippen LogP contribution is 2.15. The molecule has 0 spiro atoms. The van der Waals surface area contributed by atoms with Crippen LogP contribution in [-0.4, -0.2) is 40.9 Å². The van der Waals surface area contributed by atoms with E-state index in [-0.39, 0.29) is 18.1 Å². The van der Waals surface area contributed by atoms with Crippen LogP contribution in [0.4, 0.5) is 5.69 Å². The summed E-state index contributed by atoms with van der Waals surface area (Å²) >= 11 is 7.09. The van der Waals surface area contributed by atoms with Gasteiger partial charge in [-0.2, -0.15) is 11.8 Å². The molecule has 1 aromatic rings. The Morgan fingerprint density at radius 2 is 2.19 bits per heavy atom. The van der Waals surface area contributed by atoms with Crippen molar-refractivity contribution in [3.05, 3.63) is 29.3 Å². The lowest BCUT2D eigenvalue weighted by atomic mass is 10.2. The average molecular weight is 331 g/mol. The van der Waals surface area contributed by atoms with Crippen LogP contribution in [0.15, 0.2) is 24.3 Å². The molecule has 6 nitrogen and oxygen atoms in total. The van der Waals surface area contributed by atoms with Gasteiger partial charge in [0.25, 0.3) is 0 Å². The number of anilines is 1. The number of carbonyl (C=O) groups is 3. The van der Waals surface area contributed by atoms with Crippen molar-refractivity contribution in [2.45, 2.75) is 12.5 Å². The molecule has 0 saturated carbocycles. The van der Waals surface area contributed by atoms with Gasteiger partial charge in [-0.1, -0.05) is 17.7 Å². The summed E-state index contributed by atoms with van der Waals surface area (Å²) < 4.78 is 0. The van der Waals surface area contributed by atoms with Crippen molar-refractivity contribution in [3.8, 4) is 0 Å². The minimum absolute atomic E-state index is 0.194. The van der Waals surface area contributed by atoms with E-state index in [0.29, 0.717) is 22.9 Å². The van der Waals surface area contributed by atoms with Gasteiger partial charge in [0.15, 0.2) is 0 Å². The Labute approximate surface area is 131 Å². The molecular formula is C13H15ClN2O4S. The number of nitrogens with one attached hydrogen (secondary N) is 2. The summed E-state index contributed by atoms with van der Waals surface area (Å²) in [5, 5.41) is 14.2. The Kier molecular flexibility index (Phi) is 7.63. The molecule has 1 rings (SSSR count). The molecule has 114 valence electrons. The number of aliphatic carboxylic acids is 1. The molecule has 0 aliphatic rings. The van der Waals surface area contributed by atoms with Crippen molar-refractivity contribution in [2.75, 3.05) is 16.8 Å². The third-order valence-electron chi connectivity index (χ3n) is 2.46.